The molecule has 1 aromatic carbocycles. The van der Waals surface area contributed by atoms with Crippen molar-refractivity contribution in [3.05, 3.63) is 48.3 Å². The highest BCUT2D eigenvalue weighted by molar-refractivity contribution is 5.76. The molecule has 0 saturated heterocycles. The molecule has 132 valence electrons. The number of carbonyl (C=O) groups is 1. The summed E-state index contributed by atoms with van der Waals surface area (Å²) in [6.45, 7) is 2.19. The molecule has 2 aliphatic carbocycles. The van der Waals surface area contributed by atoms with Crippen LogP contribution in [0.2, 0.25) is 0 Å². The van der Waals surface area contributed by atoms with Crippen LogP contribution in [0.5, 0.6) is 0 Å². The first-order valence-electron chi connectivity index (χ1n) is 9.57. The Kier molecular flexibility index (Phi) is 4.60. The van der Waals surface area contributed by atoms with Gasteiger partial charge < -0.3 is 5.32 Å². The minimum atomic E-state index is 0.169. The van der Waals surface area contributed by atoms with Crippen molar-refractivity contribution < 1.29 is 4.79 Å². The zero-order chi connectivity index (χ0) is 17.2. The van der Waals surface area contributed by atoms with Gasteiger partial charge in [-0.3, -0.25) is 4.79 Å². The first-order valence-corrected chi connectivity index (χ1v) is 9.57. The van der Waals surface area contributed by atoms with E-state index in [-0.39, 0.29) is 5.91 Å². The molecule has 4 heteroatoms. The lowest BCUT2D eigenvalue weighted by Gasteiger charge is -2.28. The van der Waals surface area contributed by atoms with Gasteiger partial charge >= 0.3 is 0 Å². The molecule has 0 aliphatic heterocycles. The van der Waals surface area contributed by atoms with Crippen molar-refractivity contribution in [2.75, 3.05) is 0 Å². The lowest BCUT2D eigenvalue weighted by atomic mass is 9.84. The van der Waals surface area contributed by atoms with Crippen molar-refractivity contribution in [1.29, 1.82) is 0 Å². The summed E-state index contributed by atoms with van der Waals surface area (Å²) < 4.78 is 1.87. The summed E-state index contributed by atoms with van der Waals surface area (Å²) in [6, 6.07) is 10.4. The number of carbonyl (C=O) groups excluding carboxylic acids is 1. The van der Waals surface area contributed by atoms with Gasteiger partial charge in [0.2, 0.25) is 5.91 Å². The van der Waals surface area contributed by atoms with Gasteiger partial charge in [0.05, 0.1) is 11.9 Å². The van der Waals surface area contributed by atoms with Gasteiger partial charge in [0.15, 0.2) is 0 Å². The normalized spacial score (nSPS) is 25.9. The SMILES string of the molecule is C[C@H](NC(=O)CCc1cnn(-c2ccccc2)c1)[C@@H]1C[C@H]2CC[C@H]1C2. The van der Waals surface area contributed by atoms with E-state index in [0.717, 1.165) is 29.5 Å². The molecule has 4 nitrogen and oxygen atoms in total. The molecule has 2 saturated carbocycles. The average molecular weight is 337 g/mol. The van der Waals surface area contributed by atoms with E-state index in [9.17, 15) is 4.79 Å². The fraction of sp³-hybridized carbons (Fsp3) is 0.524. The van der Waals surface area contributed by atoms with Crippen molar-refractivity contribution in [3.63, 3.8) is 0 Å². The highest BCUT2D eigenvalue weighted by Gasteiger charge is 2.42. The van der Waals surface area contributed by atoms with Gasteiger partial charge in [0.25, 0.3) is 0 Å². The van der Waals surface area contributed by atoms with Crippen LogP contribution in [0.15, 0.2) is 42.7 Å². The van der Waals surface area contributed by atoms with Gasteiger partial charge in [-0.05, 0) is 68.1 Å². The number of benzene rings is 1. The van der Waals surface area contributed by atoms with E-state index in [1.165, 1.54) is 25.7 Å². The molecule has 0 unspecified atom stereocenters. The summed E-state index contributed by atoms with van der Waals surface area (Å²) in [7, 11) is 0. The Balaban J connectivity index is 1.27. The van der Waals surface area contributed by atoms with Gasteiger partial charge in [-0.15, -0.1) is 0 Å². The monoisotopic (exact) mass is 337 g/mol. The molecule has 1 amide bonds. The Morgan fingerprint density at radius 1 is 1.28 bits per heavy atom. The van der Waals surface area contributed by atoms with E-state index < -0.39 is 0 Å². The summed E-state index contributed by atoms with van der Waals surface area (Å²) in [5.41, 5.74) is 2.15. The molecule has 1 N–H and O–H groups in total. The number of aryl methyl sites for hydroxylation is 1. The second-order valence-electron chi connectivity index (χ2n) is 7.82. The summed E-state index contributed by atoms with van der Waals surface area (Å²) in [6.07, 6.45) is 10.6. The smallest absolute Gasteiger partial charge is 0.220 e. The van der Waals surface area contributed by atoms with Crippen LogP contribution in [-0.4, -0.2) is 21.7 Å². The Labute approximate surface area is 149 Å². The highest BCUT2D eigenvalue weighted by Crippen LogP contribution is 2.49. The minimum absolute atomic E-state index is 0.169. The first kappa shape index (κ1) is 16.4. The molecule has 2 aromatic rings. The summed E-state index contributed by atoms with van der Waals surface area (Å²) >= 11 is 0. The van der Waals surface area contributed by atoms with Crippen LogP contribution in [0.3, 0.4) is 0 Å². The zero-order valence-electron chi connectivity index (χ0n) is 14.9. The van der Waals surface area contributed by atoms with E-state index >= 15 is 0 Å². The first-order chi connectivity index (χ1) is 12.2. The van der Waals surface area contributed by atoms with Crippen molar-refractivity contribution in [2.24, 2.45) is 17.8 Å². The maximum absolute atomic E-state index is 12.3. The molecule has 1 aromatic heterocycles. The maximum atomic E-state index is 12.3. The number of hydrogen-bond donors (Lipinski definition) is 1. The van der Waals surface area contributed by atoms with Crippen LogP contribution < -0.4 is 5.32 Å². The number of aromatic nitrogens is 2. The number of para-hydroxylation sites is 1. The molecule has 1 heterocycles. The van der Waals surface area contributed by atoms with Crippen LogP contribution in [0.4, 0.5) is 0 Å². The number of nitrogens with zero attached hydrogens (tertiary/aromatic N) is 2. The van der Waals surface area contributed by atoms with Crippen LogP contribution >= 0.6 is 0 Å². The number of rotatable bonds is 6. The number of nitrogens with one attached hydrogen (secondary N) is 1. The molecular weight excluding hydrogens is 310 g/mol. The van der Waals surface area contributed by atoms with Gasteiger partial charge in [-0.1, -0.05) is 24.6 Å². The average Bonchev–Trinajstić information content (AvgIpc) is 3.37. The molecule has 2 fully saturated rings. The lowest BCUT2D eigenvalue weighted by Crippen LogP contribution is -2.40. The van der Waals surface area contributed by atoms with E-state index in [2.05, 4.69) is 17.3 Å². The van der Waals surface area contributed by atoms with Crippen molar-refractivity contribution in [3.8, 4) is 5.69 Å². The third kappa shape index (κ3) is 3.63. The fourth-order valence-corrected chi connectivity index (χ4v) is 4.81. The maximum Gasteiger partial charge on any atom is 0.220 e. The summed E-state index contributed by atoms with van der Waals surface area (Å²) in [5.74, 6) is 2.65. The lowest BCUT2D eigenvalue weighted by molar-refractivity contribution is -0.122. The van der Waals surface area contributed by atoms with Gasteiger partial charge in [-0.2, -0.15) is 5.10 Å². The van der Waals surface area contributed by atoms with Gasteiger partial charge in [0, 0.05) is 18.7 Å². The molecule has 4 rings (SSSR count). The van der Waals surface area contributed by atoms with E-state index in [4.69, 9.17) is 0 Å². The van der Waals surface area contributed by atoms with E-state index in [1.54, 1.807) is 0 Å². The van der Waals surface area contributed by atoms with Crippen LogP contribution in [0.25, 0.3) is 5.69 Å². The number of fused-ring (bicyclic) bond motifs is 2. The van der Waals surface area contributed by atoms with Crippen molar-refractivity contribution in [1.82, 2.24) is 15.1 Å². The highest BCUT2D eigenvalue weighted by atomic mass is 16.1. The molecule has 2 aliphatic rings. The van der Waals surface area contributed by atoms with E-state index in [0.29, 0.717) is 18.4 Å². The third-order valence-corrected chi connectivity index (χ3v) is 6.12. The number of amides is 1. The predicted octanol–water partition coefficient (Wildman–Crippen LogP) is 3.75. The third-order valence-electron chi connectivity index (χ3n) is 6.12. The van der Waals surface area contributed by atoms with Crippen LogP contribution in [0, 0.1) is 17.8 Å². The van der Waals surface area contributed by atoms with Crippen molar-refractivity contribution >= 4 is 5.91 Å². The predicted molar refractivity (Wildman–Crippen MR) is 98.4 cm³/mol. The largest absolute Gasteiger partial charge is 0.353 e. The Morgan fingerprint density at radius 2 is 2.12 bits per heavy atom. The van der Waals surface area contributed by atoms with E-state index in [1.807, 2.05) is 47.4 Å². The second-order valence-corrected chi connectivity index (χ2v) is 7.82. The summed E-state index contributed by atoms with van der Waals surface area (Å²) in [4.78, 5) is 12.3. The Hall–Kier alpha value is -2.10. The molecule has 0 radical (unpaired) electrons. The molecule has 4 atom stereocenters. The quantitative estimate of drug-likeness (QED) is 0.873. The van der Waals surface area contributed by atoms with Crippen LogP contribution in [-0.2, 0) is 11.2 Å². The summed E-state index contributed by atoms with van der Waals surface area (Å²) in [5, 5.41) is 7.65. The molecule has 2 bridgehead atoms. The van der Waals surface area contributed by atoms with Crippen LogP contribution in [0.1, 0.15) is 44.6 Å². The Bertz CT molecular complexity index is 724. The van der Waals surface area contributed by atoms with Crippen molar-refractivity contribution in [2.45, 2.75) is 51.5 Å². The zero-order valence-corrected chi connectivity index (χ0v) is 14.9. The standard InChI is InChI=1S/C21H27N3O/c1-15(20-12-16-7-9-18(20)11-16)23-21(25)10-8-17-13-22-24(14-17)19-5-3-2-4-6-19/h2-6,13-16,18,20H,7-12H2,1H3,(H,23,25)/t15-,16-,18-,20-/m0/s1. The second kappa shape index (κ2) is 7.03. The van der Waals surface area contributed by atoms with Gasteiger partial charge in [0.1, 0.15) is 0 Å². The molecule has 0 spiro atoms. The fourth-order valence-electron chi connectivity index (χ4n) is 4.81. The topological polar surface area (TPSA) is 46.9 Å². The number of hydrogen-bond acceptors (Lipinski definition) is 2. The molecule has 25 heavy (non-hydrogen) atoms. The van der Waals surface area contributed by atoms with Gasteiger partial charge in [-0.25, -0.2) is 4.68 Å². The molecular formula is C21H27N3O. The Morgan fingerprint density at radius 3 is 2.84 bits per heavy atom. The minimum Gasteiger partial charge on any atom is -0.353 e.